The first-order chi connectivity index (χ1) is 15.3. The van der Waals surface area contributed by atoms with Crippen molar-refractivity contribution in [2.45, 2.75) is 34.8 Å². The fourth-order valence-corrected chi connectivity index (χ4v) is 6.03. The number of thioether (sulfide) groups is 2. The first-order valence-electron chi connectivity index (χ1n) is 9.63. The Bertz CT molecular complexity index is 1090. The van der Waals surface area contributed by atoms with Gasteiger partial charge in [-0.15, -0.1) is 16.9 Å². The number of carbonyl (C=O) groups excluding carboxylic acids is 2. The van der Waals surface area contributed by atoms with Gasteiger partial charge < -0.3 is 15.5 Å². The second-order valence-corrected chi connectivity index (χ2v) is 9.65. The minimum absolute atomic E-state index is 0.0806. The van der Waals surface area contributed by atoms with Crippen molar-refractivity contribution in [1.82, 2.24) is 30.4 Å². The van der Waals surface area contributed by atoms with Crippen molar-refractivity contribution in [3.05, 3.63) is 47.2 Å². The Kier molecular flexibility index (Phi) is 6.22. The molecule has 0 spiro atoms. The number of aryl methyl sites for hydroxylation is 1. The highest BCUT2D eigenvalue weighted by molar-refractivity contribution is 8.01. The van der Waals surface area contributed by atoms with E-state index in [4.69, 9.17) is 0 Å². The van der Waals surface area contributed by atoms with Crippen molar-refractivity contribution in [3.8, 4) is 0 Å². The third-order valence-electron chi connectivity index (χ3n) is 5.22. The molecule has 2 aliphatic rings. The minimum Gasteiger partial charge on any atom is -0.477 e. The number of tetrazole rings is 1. The molecule has 1 aromatic heterocycles. The van der Waals surface area contributed by atoms with Gasteiger partial charge >= 0.3 is 5.97 Å². The summed E-state index contributed by atoms with van der Waals surface area (Å²) in [5.41, 5.74) is 0.902. The van der Waals surface area contributed by atoms with E-state index < -0.39 is 35.3 Å². The molecule has 0 saturated carbocycles. The number of aromatic nitrogens is 4. The van der Waals surface area contributed by atoms with Crippen molar-refractivity contribution < 1.29 is 24.6 Å². The predicted octanol–water partition coefficient (Wildman–Crippen LogP) is 0.163. The second kappa shape index (κ2) is 8.92. The van der Waals surface area contributed by atoms with Crippen LogP contribution in [0.1, 0.15) is 18.6 Å². The molecule has 2 amide bonds. The van der Waals surface area contributed by atoms with E-state index >= 15 is 0 Å². The van der Waals surface area contributed by atoms with E-state index in [1.54, 1.807) is 37.4 Å². The zero-order chi connectivity index (χ0) is 23.0. The molecule has 1 aromatic carbocycles. The van der Waals surface area contributed by atoms with Crippen LogP contribution >= 0.6 is 23.5 Å². The van der Waals surface area contributed by atoms with Crippen LogP contribution in [0.4, 0.5) is 0 Å². The summed E-state index contributed by atoms with van der Waals surface area (Å²) < 4.78 is 1.49. The van der Waals surface area contributed by atoms with E-state index in [9.17, 15) is 24.6 Å². The highest BCUT2D eigenvalue weighted by Crippen LogP contribution is 2.43. The van der Waals surface area contributed by atoms with Crippen LogP contribution in [-0.4, -0.2) is 75.5 Å². The Morgan fingerprint density at radius 2 is 2.03 bits per heavy atom. The third-order valence-corrected chi connectivity index (χ3v) is 7.71. The highest BCUT2D eigenvalue weighted by atomic mass is 32.2. The fraction of sp³-hybridized carbons (Fsp3) is 0.368. The maximum atomic E-state index is 12.8. The largest absolute Gasteiger partial charge is 0.477 e. The molecule has 4 rings (SSSR count). The summed E-state index contributed by atoms with van der Waals surface area (Å²) in [4.78, 5) is 38.5. The molecule has 2 aliphatic heterocycles. The summed E-state index contributed by atoms with van der Waals surface area (Å²) in [5, 5.41) is 33.6. The zero-order valence-electron chi connectivity index (χ0n) is 17.1. The maximum absolute atomic E-state index is 12.8. The van der Waals surface area contributed by atoms with E-state index in [2.05, 4.69) is 20.8 Å². The van der Waals surface area contributed by atoms with E-state index in [-0.39, 0.29) is 10.9 Å². The number of hydrogen-bond acceptors (Lipinski definition) is 9. The first-order valence-corrected chi connectivity index (χ1v) is 11.6. The molecule has 1 fully saturated rings. The number of β-lactam (4-membered cyclic amide) rings is 1. The third kappa shape index (κ3) is 3.98. The number of hydrogen-bond donors (Lipinski definition) is 3. The standard InChI is InChI=1S/C19H20N6O5S2/c1-9(32-19-21-22-23-24(19)2)11-8-31-17-12(16(28)25(17)13(11)18(29)30)20-15(27)14(26)10-6-4-3-5-7-10/h3-7,9,12,14,17,26H,8H2,1-2H3,(H,20,27)(H,29,30)/t9?,12-,14?,17+/m1/s1. The molecule has 3 heterocycles. The number of carboxylic acids is 1. The molecule has 4 atom stereocenters. The van der Waals surface area contributed by atoms with Crippen molar-refractivity contribution in [2.75, 3.05) is 5.75 Å². The minimum atomic E-state index is -1.42. The molecule has 0 aliphatic carbocycles. The number of fused-ring (bicyclic) bond motifs is 1. The van der Waals surface area contributed by atoms with Crippen LogP contribution in [0.15, 0.2) is 46.8 Å². The van der Waals surface area contributed by atoms with Crippen LogP contribution < -0.4 is 5.32 Å². The lowest BCUT2D eigenvalue weighted by Crippen LogP contribution is -2.71. The summed E-state index contributed by atoms with van der Waals surface area (Å²) >= 11 is 2.66. The van der Waals surface area contributed by atoms with Gasteiger partial charge in [0.15, 0.2) is 6.10 Å². The lowest BCUT2D eigenvalue weighted by atomic mass is 10.0. The normalized spacial score (nSPS) is 22.1. The number of nitrogens with zero attached hydrogens (tertiary/aromatic N) is 5. The molecule has 0 bridgehead atoms. The van der Waals surface area contributed by atoms with Gasteiger partial charge in [-0.2, -0.15) is 0 Å². The lowest BCUT2D eigenvalue weighted by Gasteiger charge is -2.50. The Morgan fingerprint density at radius 1 is 1.31 bits per heavy atom. The number of rotatable bonds is 7. The summed E-state index contributed by atoms with van der Waals surface area (Å²) in [6.45, 7) is 1.83. The topological polar surface area (TPSA) is 151 Å². The van der Waals surface area contributed by atoms with Crippen LogP contribution in [0.2, 0.25) is 0 Å². The Morgan fingerprint density at radius 3 is 2.66 bits per heavy atom. The van der Waals surface area contributed by atoms with Gasteiger partial charge in [0.1, 0.15) is 17.1 Å². The van der Waals surface area contributed by atoms with Crippen LogP contribution in [0.5, 0.6) is 0 Å². The summed E-state index contributed by atoms with van der Waals surface area (Å²) in [7, 11) is 1.68. The van der Waals surface area contributed by atoms with E-state index in [1.165, 1.54) is 33.1 Å². The van der Waals surface area contributed by atoms with Gasteiger partial charge in [-0.25, -0.2) is 9.48 Å². The predicted molar refractivity (Wildman–Crippen MR) is 115 cm³/mol. The fourth-order valence-electron chi connectivity index (χ4n) is 3.52. The van der Waals surface area contributed by atoms with Crippen molar-refractivity contribution in [1.29, 1.82) is 0 Å². The molecule has 0 radical (unpaired) electrons. The van der Waals surface area contributed by atoms with Crippen LogP contribution in [0.3, 0.4) is 0 Å². The number of aliphatic hydroxyl groups is 1. The number of carboxylic acid groups (broad SMARTS) is 1. The quantitative estimate of drug-likeness (QED) is 0.372. The number of aliphatic carboxylic acids is 1. The molecule has 13 heteroatoms. The van der Waals surface area contributed by atoms with E-state index in [0.717, 1.165) is 0 Å². The van der Waals surface area contributed by atoms with Crippen molar-refractivity contribution >= 4 is 41.3 Å². The Hall–Kier alpha value is -2.90. The molecule has 32 heavy (non-hydrogen) atoms. The van der Waals surface area contributed by atoms with Gasteiger partial charge in [-0.3, -0.25) is 14.5 Å². The molecule has 168 valence electrons. The first kappa shape index (κ1) is 22.3. The van der Waals surface area contributed by atoms with Gasteiger partial charge in [-0.1, -0.05) is 42.1 Å². The van der Waals surface area contributed by atoms with Gasteiger partial charge in [0.25, 0.3) is 11.8 Å². The number of benzene rings is 1. The molecule has 2 unspecified atom stereocenters. The Balaban J connectivity index is 1.50. The van der Waals surface area contributed by atoms with Crippen molar-refractivity contribution in [2.24, 2.45) is 7.05 Å². The van der Waals surface area contributed by atoms with Crippen LogP contribution in [0, 0.1) is 0 Å². The lowest BCUT2D eigenvalue weighted by molar-refractivity contribution is -0.151. The zero-order valence-corrected chi connectivity index (χ0v) is 18.7. The molecular formula is C19H20N6O5S2. The number of amides is 2. The summed E-state index contributed by atoms with van der Waals surface area (Å²) in [6, 6.07) is 7.46. The second-order valence-electron chi connectivity index (χ2n) is 7.23. The SMILES string of the molecule is CC(Sc1nnnn1C)C1=C(C(=O)O)N2C(=O)[C@@H](NC(=O)C(O)c3ccccc3)[C@@H]2SC1. The van der Waals surface area contributed by atoms with Crippen molar-refractivity contribution in [3.63, 3.8) is 0 Å². The van der Waals surface area contributed by atoms with Gasteiger partial charge in [0.05, 0.1) is 0 Å². The highest BCUT2D eigenvalue weighted by Gasteiger charge is 2.54. The van der Waals surface area contributed by atoms with Gasteiger partial charge in [0, 0.05) is 18.1 Å². The monoisotopic (exact) mass is 476 g/mol. The van der Waals surface area contributed by atoms with E-state index in [1.807, 2.05) is 6.92 Å². The maximum Gasteiger partial charge on any atom is 0.352 e. The number of nitrogens with one attached hydrogen (secondary N) is 1. The molecule has 1 saturated heterocycles. The van der Waals surface area contributed by atoms with Gasteiger partial charge in [0.2, 0.25) is 5.16 Å². The molecular weight excluding hydrogens is 456 g/mol. The molecule has 11 nitrogen and oxygen atoms in total. The van der Waals surface area contributed by atoms with Crippen LogP contribution in [-0.2, 0) is 21.4 Å². The van der Waals surface area contributed by atoms with E-state index in [0.29, 0.717) is 22.0 Å². The average molecular weight is 477 g/mol. The summed E-state index contributed by atoms with van der Waals surface area (Å²) in [6.07, 6.45) is -1.42. The number of aliphatic hydroxyl groups excluding tert-OH is 1. The average Bonchev–Trinajstić information content (AvgIpc) is 3.20. The molecule has 3 N–H and O–H groups in total. The van der Waals surface area contributed by atoms with Gasteiger partial charge in [-0.05, 0) is 28.5 Å². The van der Waals surface area contributed by atoms with Crippen LogP contribution in [0.25, 0.3) is 0 Å². The summed E-state index contributed by atoms with van der Waals surface area (Å²) in [5.74, 6) is -2.08. The molecule has 2 aromatic rings. The smallest absolute Gasteiger partial charge is 0.352 e. The Labute approximate surface area is 191 Å². The number of carbonyl (C=O) groups is 3.